The lowest BCUT2D eigenvalue weighted by molar-refractivity contribution is -0.115. The second-order valence-corrected chi connectivity index (χ2v) is 9.41. The van der Waals surface area contributed by atoms with Gasteiger partial charge in [0, 0.05) is 34.2 Å². The number of carbonyl (C=O) groups excluding carboxylic acids is 1. The molecule has 2 atom stereocenters. The number of aromatic nitrogens is 2. The van der Waals surface area contributed by atoms with Crippen LogP contribution in [0.3, 0.4) is 0 Å². The van der Waals surface area contributed by atoms with Crippen LogP contribution in [-0.2, 0) is 17.1 Å². The molecule has 0 saturated carbocycles. The quantitative estimate of drug-likeness (QED) is 0.224. The van der Waals surface area contributed by atoms with Crippen molar-refractivity contribution in [3.8, 4) is 11.3 Å². The molecule has 3 aromatic carbocycles. The minimum absolute atomic E-state index is 0.0170. The first kappa shape index (κ1) is 27.2. The molecule has 0 aliphatic heterocycles. The van der Waals surface area contributed by atoms with E-state index in [-0.39, 0.29) is 23.9 Å². The second-order valence-electron chi connectivity index (χ2n) is 8.97. The Hall–Kier alpha value is -3.88. The molecule has 0 fully saturated rings. The number of halogens is 3. The summed E-state index contributed by atoms with van der Waals surface area (Å²) in [6.07, 6.45) is 1.45. The van der Waals surface area contributed by atoms with E-state index in [2.05, 4.69) is 20.6 Å². The zero-order valence-corrected chi connectivity index (χ0v) is 21.6. The minimum atomic E-state index is -3.35. The molecular weight excluding hydrogens is 510 g/mol. The van der Waals surface area contributed by atoms with E-state index in [1.807, 2.05) is 43.3 Å². The molecule has 0 bridgehead atoms. The normalized spacial score (nSPS) is 13.0. The number of rotatable bonds is 9. The van der Waals surface area contributed by atoms with Crippen molar-refractivity contribution in [2.75, 3.05) is 10.6 Å². The maximum absolute atomic E-state index is 13.9. The maximum Gasteiger partial charge on any atom is 0.298 e. The van der Waals surface area contributed by atoms with Crippen molar-refractivity contribution in [1.29, 1.82) is 0 Å². The highest BCUT2D eigenvalue weighted by Crippen LogP contribution is 2.32. The minimum Gasteiger partial charge on any atom is -0.387 e. The Labute approximate surface area is 224 Å². The molecule has 196 valence electrons. The van der Waals surface area contributed by atoms with E-state index in [9.17, 15) is 18.7 Å². The summed E-state index contributed by atoms with van der Waals surface area (Å²) in [5, 5.41) is 16.2. The smallest absolute Gasteiger partial charge is 0.298 e. The molecule has 1 amide bonds. The molecule has 3 N–H and O–H groups in total. The van der Waals surface area contributed by atoms with Crippen molar-refractivity contribution in [2.45, 2.75) is 38.3 Å². The predicted molar refractivity (Wildman–Crippen MR) is 145 cm³/mol. The third-order valence-electron chi connectivity index (χ3n) is 6.09. The highest BCUT2D eigenvalue weighted by atomic mass is 35.5. The number of carbonyl (C=O) groups is 1. The van der Waals surface area contributed by atoms with E-state index in [1.54, 1.807) is 24.5 Å². The van der Waals surface area contributed by atoms with E-state index in [0.717, 1.165) is 18.1 Å². The Morgan fingerprint density at radius 1 is 0.947 bits per heavy atom. The summed E-state index contributed by atoms with van der Waals surface area (Å²) in [4.78, 5) is 21.5. The van der Waals surface area contributed by atoms with Crippen LogP contribution in [0.15, 0.2) is 85.2 Å². The standard InChI is InChI=1S/C29H27ClF2N4O2/c1-18(21-5-11-24(30)12-6-21)35-28-27(33-15-16-34-28)22-7-13-25(14-8-22)36-26(38)17-20-3-9-23(10-4-20)29(31,32)19(2)37/h3-16,18-19,37H,17H2,1-2H3,(H,34,35)(H,36,38). The molecule has 38 heavy (non-hydrogen) atoms. The van der Waals surface area contributed by atoms with Gasteiger partial charge >= 0.3 is 0 Å². The lowest BCUT2D eigenvalue weighted by Gasteiger charge is -2.19. The molecule has 0 aliphatic carbocycles. The number of anilines is 2. The summed E-state index contributed by atoms with van der Waals surface area (Å²) < 4.78 is 27.9. The number of aliphatic hydroxyl groups is 1. The Kier molecular flexibility index (Phi) is 8.34. The van der Waals surface area contributed by atoms with E-state index < -0.39 is 12.0 Å². The number of aliphatic hydroxyl groups excluding tert-OH is 1. The number of benzene rings is 3. The zero-order valence-electron chi connectivity index (χ0n) is 20.8. The highest BCUT2D eigenvalue weighted by molar-refractivity contribution is 6.30. The molecular formula is C29H27ClF2N4O2. The van der Waals surface area contributed by atoms with Crippen LogP contribution in [-0.4, -0.2) is 27.1 Å². The number of nitrogens with zero attached hydrogens (tertiary/aromatic N) is 2. The second kappa shape index (κ2) is 11.7. The summed E-state index contributed by atoms with van der Waals surface area (Å²) in [5.74, 6) is -3.02. The van der Waals surface area contributed by atoms with E-state index >= 15 is 0 Å². The summed E-state index contributed by atoms with van der Waals surface area (Å²) in [6, 6.07) is 20.1. The van der Waals surface area contributed by atoms with Crippen molar-refractivity contribution in [3.05, 3.63) is 107 Å². The molecule has 0 aliphatic rings. The van der Waals surface area contributed by atoms with E-state index in [4.69, 9.17) is 11.6 Å². The van der Waals surface area contributed by atoms with Gasteiger partial charge < -0.3 is 15.7 Å². The van der Waals surface area contributed by atoms with Crippen LogP contribution in [0.25, 0.3) is 11.3 Å². The molecule has 6 nitrogen and oxygen atoms in total. The number of hydrogen-bond acceptors (Lipinski definition) is 5. The first-order chi connectivity index (χ1) is 18.1. The largest absolute Gasteiger partial charge is 0.387 e. The van der Waals surface area contributed by atoms with Gasteiger partial charge in [-0.05, 0) is 49.2 Å². The molecule has 4 aromatic rings. The summed E-state index contributed by atoms with van der Waals surface area (Å²) >= 11 is 5.99. The van der Waals surface area contributed by atoms with Gasteiger partial charge in [-0.15, -0.1) is 0 Å². The van der Waals surface area contributed by atoms with Gasteiger partial charge in [0.1, 0.15) is 11.8 Å². The van der Waals surface area contributed by atoms with Crippen LogP contribution < -0.4 is 10.6 Å². The van der Waals surface area contributed by atoms with Gasteiger partial charge in [-0.2, -0.15) is 8.78 Å². The first-order valence-electron chi connectivity index (χ1n) is 12.0. The average Bonchev–Trinajstić information content (AvgIpc) is 2.90. The van der Waals surface area contributed by atoms with E-state index in [0.29, 0.717) is 27.8 Å². The Morgan fingerprint density at radius 3 is 2.21 bits per heavy atom. The molecule has 9 heteroatoms. The Bertz CT molecular complexity index is 1380. The number of hydrogen-bond donors (Lipinski definition) is 3. The fraction of sp³-hybridized carbons (Fsp3) is 0.207. The molecule has 0 saturated heterocycles. The number of nitrogens with one attached hydrogen (secondary N) is 2. The van der Waals surface area contributed by atoms with Crippen LogP contribution >= 0.6 is 11.6 Å². The van der Waals surface area contributed by atoms with Crippen LogP contribution in [0.5, 0.6) is 0 Å². The van der Waals surface area contributed by atoms with Crippen LogP contribution in [0, 0.1) is 0 Å². The molecule has 2 unspecified atom stereocenters. The van der Waals surface area contributed by atoms with Gasteiger partial charge in [0.05, 0.1) is 12.5 Å². The number of alkyl halides is 2. The highest BCUT2D eigenvalue weighted by Gasteiger charge is 2.37. The van der Waals surface area contributed by atoms with Crippen LogP contribution in [0.2, 0.25) is 5.02 Å². The van der Waals surface area contributed by atoms with Crippen LogP contribution in [0.1, 0.15) is 36.6 Å². The zero-order chi connectivity index (χ0) is 27.3. The fourth-order valence-electron chi connectivity index (χ4n) is 3.88. The van der Waals surface area contributed by atoms with Gasteiger partial charge in [0.25, 0.3) is 5.92 Å². The van der Waals surface area contributed by atoms with Gasteiger partial charge in [0.2, 0.25) is 5.91 Å². The molecule has 0 radical (unpaired) electrons. The van der Waals surface area contributed by atoms with Crippen molar-refractivity contribution in [1.82, 2.24) is 9.97 Å². The van der Waals surface area contributed by atoms with Gasteiger partial charge in [-0.1, -0.05) is 60.1 Å². The molecule has 4 rings (SSSR count). The third kappa shape index (κ3) is 6.51. The number of amides is 1. The lowest BCUT2D eigenvalue weighted by atomic mass is 10.0. The Morgan fingerprint density at radius 2 is 1.58 bits per heavy atom. The summed E-state index contributed by atoms with van der Waals surface area (Å²) in [5.41, 5.74) is 3.40. The molecule has 1 aromatic heterocycles. The van der Waals surface area contributed by atoms with Crippen molar-refractivity contribution in [2.24, 2.45) is 0 Å². The SMILES string of the molecule is CC(Nc1nccnc1-c1ccc(NC(=O)Cc2ccc(C(F)(F)C(C)O)cc2)cc1)c1ccc(Cl)cc1. The van der Waals surface area contributed by atoms with Gasteiger partial charge in [-0.25, -0.2) is 4.98 Å². The van der Waals surface area contributed by atoms with Crippen molar-refractivity contribution >= 4 is 29.0 Å². The van der Waals surface area contributed by atoms with E-state index in [1.165, 1.54) is 24.3 Å². The van der Waals surface area contributed by atoms with Crippen molar-refractivity contribution in [3.63, 3.8) is 0 Å². The lowest BCUT2D eigenvalue weighted by Crippen LogP contribution is -2.27. The summed E-state index contributed by atoms with van der Waals surface area (Å²) in [7, 11) is 0. The third-order valence-corrected chi connectivity index (χ3v) is 6.34. The molecule has 0 spiro atoms. The maximum atomic E-state index is 13.9. The van der Waals surface area contributed by atoms with Gasteiger partial charge in [-0.3, -0.25) is 9.78 Å². The average molecular weight is 537 g/mol. The van der Waals surface area contributed by atoms with Crippen molar-refractivity contribution < 1.29 is 18.7 Å². The van der Waals surface area contributed by atoms with Gasteiger partial charge in [0.15, 0.2) is 5.82 Å². The molecule has 1 heterocycles. The first-order valence-corrected chi connectivity index (χ1v) is 12.4. The monoisotopic (exact) mass is 536 g/mol. The topological polar surface area (TPSA) is 87.1 Å². The Balaban J connectivity index is 1.40. The van der Waals surface area contributed by atoms with Crippen LogP contribution in [0.4, 0.5) is 20.3 Å². The predicted octanol–water partition coefficient (Wildman–Crippen LogP) is 6.62. The fourth-order valence-corrected chi connectivity index (χ4v) is 4.01. The summed E-state index contributed by atoms with van der Waals surface area (Å²) in [6.45, 7) is 3.06.